The number of nitrogens with one attached hydrogen (secondary N) is 1. The third kappa shape index (κ3) is 3.25. The summed E-state index contributed by atoms with van der Waals surface area (Å²) < 4.78 is 0. The van der Waals surface area contributed by atoms with Gasteiger partial charge in [0.25, 0.3) is 0 Å². The van der Waals surface area contributed by atoms with Crippen molar-refractivity contribution in [2.24, 2.45) is 0 Å². The molecule has 1 unspecified atom stereocenters. The van der Waals surface area contributed by atoms with Crippen LogP contribution < -0.4 is 5.32 Å². The first-order valence-corrected chi connectivity index (χ1v) is 6.94. The van der Waals surface area contributed by atoms with Gasteiger partial charge in [-0.3, -0.25) is 4.98 Å². The van der Waals surface area contributed by atoms with E-state index in [9.17, 15) is 0 Å². The van der Waals surface area contributed by atoms with Crippen molar-refractivity contribution in [3.05, 3.63) is 53.3 Å². The molecule has 2 nitrogen and oxygen atoms in total. The maximum absolute atomic E-state index is 6.30. The molecule has 0 aliphatic heterocycles. The zero-order valence-corrected chi connectivity index (χ0v) is 11.9. The highest BCUT2D eigenvalue weighted by Crippen LogP contribution is 2.32. The molecular weight excluding hydrogens is 264 g/mol. The first-order chi connectivity index (χ1) is 8.70. The maximum Gasteiger partial charge on any atom is 0.0464 e. The van der Waals surface area contributed by atoms with Gasteiger partial charge < -0.3 is 5.32 Å². The van der Waals surface area contributed by atoms with Crippen molar-refractivity contribution in [1.82, 2.24) is 10.3 Å². The van der Waals surface area contributed by atoms with E-state index in [1.54, 1.807) is 24.2 Å². The highest BCUT2D eigenvalue weighted by Gasteiger charge is 2.08. The first kappa shape index (κ1) is 13.4. The molecule has 2 aromatic rings. The van der Waals surface area contributed by atoms with E-state index in [4.69, 9.17) is 11.6 Å². The molecule has 0 fully saturated rings. The van der Waals surface area contributed by atoms with E-state index in [1.165, 1.54) is 0 Å². The SMILES string of the molecule is CNC(C)c1ccc(Sc2ccncc2)cc1Cl. The Kier molecular flexibility index (Phi) is 4.64. The highest BCUT2D eigenvalue weighted by molar-refractivity contribution is 7.99. The zero-order chi connectivity index (χ0) is 13.0. The number of nitrogens with zero attached hydrogens (tertiary/aromatic N) is 1. The smallest absolute Gasteiger partial charge is 0.0464 e. The summed E-state index contributed by atoms with van der Waals surface area (Å²) in [5.41, 5.74) is 1.12. The van der Waals surface area contributed by atoms with Crippen molar-refractivity contribution in [2.75, 3.05) is 7.05 Å². The molecule has 2 rings (SSSR count). The van der Waals surface area contributed by atoms with Crippen LogP contribution in [-0.2, 0) is 0 Å². The van der Waals surface area contributed by atoms with E-state index >= 15 is 0 Å². The Morgan fingerprint density at radius 1 is 1.17 bits per heavy atom. The van der Waals surface area contributed by atoms with Gasteiger partial charge in [-0.15, -0.1) is 0 Å². The van der Waals surface area contributed by atoms with Crippen molar-refractivity contribution in [3.8, 4) is 0 Å². The number of halogens is 1. The fourth-order valence-electron chi connectivity index (χ4n) is 1.62. The summed E-state index contributed by atoms with van der Waals surface area (Å²) >= 11 is 7.99. The number of hydrogen-bond acceptors (Lipinski definition) is 3. The van der Waals surface area contributed by atoms with Crippen LogP contribution in [0.4, 0.5) is 0 Å². The van der Waals surface area contributed by atoms with Crippen molar-refractivity contribution in [2.45, 2.75) is 22.8 Å². The second-order valence-corrected chi connectivity index (χ2v) is 5.53. The van der Waals surface area contributed by atoms with Gasteiger partial charge in [-0.05, 0) is 43.8 Å². The predicted octanol–water partition coefficient (Wildman–Crippen LogP) is 4.17. The molecule has 94 valence electrons. The van der Waals surface area contributed by atoms with Gasteiger partial charge in [0, 0.05) is 33.2 Å². The quantitative estimate of drug-likeness (QED) is 0.909. The highest BCUT2D eigenvalue weighted by atomic mass is 35.5. The van der Waals surface area contributed by atoms with E-state index in [-0.39, 0.29) is 6.04 Å². The topological polar surface area (TPSA) is 24.9 Å². The summed E-state index contributed by atoms with van der Waals surface area (Å²) in [6, 6.07) is 10.4. The summed E-state index contributed by atoms with van der Waals surface area (Å²) in [4.78, 5) is 6.31. The fourth-order valence-corrected chi connectivity index (χ4v) is 2.87. The molecule has 18 heavy (non-hydrogen) atoms. The Hall–Kier alpha value is -1.03. The van der Waals surface area contributed by atoms with Gasteiger partial charge in [-0.1, -0.05) is 29.4 Å². The molecule has 1 heterocycles. The second-order valence-electron chi connectivity index (χ2n) is 3.98. The Morgan fingerprint density at radius 2 is 1.89 bits per heavy atom. The van der Waals surface area contributed by atoms with E-state index in [1.807, 2.05) is 25.2 Å². The second kappa shape index (κ2) is 6.23. The number of hydrogen-bond donors (Lipinski definition) is 1. The molecule has 0 bridgehead atoms. The third-order valence-corrected chi connectivity index (χ3v) is 4.08. The van der Waals surface area contributed by atoms with Gasteiger partial charge >= 0.3 is 0 Å². The molecule has 0 aliphatic carbocycles. The van der Waals surface area contributed by atoms with E-state index in [2.05, 4.69) is 29.4 Å². The lowest BCUT2D eigenvalue weighted by molar-refractivity contribution is 0.652. The molecule has 1 aromatic carbocycles. The lowest BCUT2D eigenvalue weighted by atomic mass is 10.1. The van der Waals surface area contributed by atoms with Crippen LogP contribution in [0.15, 0.2) is 52.5 Å². The summed E-state index contributed by atoms with van der Waals surface area (Å²) in [6.45, 7) is 2.09. The maximum atomic E-state index is 6.30. The van der Waals surface area contributed by atoms with Crippen LogP contribution in [0, 0.1) is 0 Å². The fraction of sp³-hybridized carbons (Fsp3) is 0.214. The molecule has 1 atom stereocenters. The average molecular weight is 279 g/mol. The summed E-state index contributed by atoms with van der Waals surface area (Å²) in [5, 5.41) is 3.99. The minimum atomic E-state index is 0.262. The molecule has 1 N–H and O–H groups in total. The molecular formula is C14H15ClN2S. The largest absolute Gasteiger partial charge is 0.313 e. The Labute approximate surface area is 117 Å². The molecule has 1 aromatic heterocycles. The van der Waals surface area contributed by atoms with Crippen LogP contribution in [0.3, 0.4) is 0 Å². The molecule has 0 aliphatic rings. The van der Waals surface area contributed by atoms with Crippen LogP contribution in [0.1, 0.15) is 18.5 Å². The normalized spacial score (nSPS) is 12.4. The third-order valence-electron chi connectivity index (χ3n) is 2.76. The van der Waals surface area contributed by atoms with Gasteiger partial charge in [-0.2, -0.15) is 0 Å². The van der Waals surface area contributed by atoms with Crippen LogP contribution >= 0.6 is 23.4 Å². The lowest BCUT2D eigenvalue weighted by Crippen LogP contribution is -2.12. The molecule has 0 spiro atoms. The van der Waals surface area contributed by atoms with Gasteiger partial charge in [0.15, 0.2) is 0 Å². The lowest BCUT2D eigenvalue weighted by Gasteiger charge is -2.13. The van der Waals surface area contributed by atoms with E-state index in [0.717, 1.165) is 20.4 Å². The van der Waals surface area contributed by atoms with Crippen molar-refractivity contribution in [3.63, 3.8) is 0 Å². The molecule has 0 saturated carbocycles. The molecule has 0 saturated heterocycles. The standard InChI is InChI=1S/C14H15ClN2S/c1-10(16-2)13-4-3-12(9-14(13)15)18-11-5-7-17-8-6-11/h3-10,16H,1-2H3. The molecule has 4 heteroatoms. The van der Waals surface area contributed by atoms with Crippen molar-refractivity contribution in [1.29, 1.82) is 0 Å². The number of pyridine rings is 1. The van der Waals surface area contributed by atoms with Crippen molar-refractivity contribution >= 4 is 23.4 Å². The monoisotopic (exact) mass is 278 g/mol. The minimum absolute atomic E-state index is 0.262. The van der Waals surface area contributed by atoms with Gasteiger partial charge in [0.05, 0.1) is 0 Å². The molecule has 0 radical (unpaired) electrons. The Bertz CT molecular complexity index is 516. The number of benzene rings is 1. The zero-order valence-electron chi connectivity index (χ0n) is 10.4. The number of rotatable bonds is 4. The van der Waals surface area contributed by atoms with Crippen LogP contribution in [0.5, 0.6) is 0 Å². The summed E-state index contributed by atoms with van der Waals surface area (Å²) in [6.07, 6.45) is 3.59. The van der Waals surface area contributed by atoms with Gasteiger partial charge in [0.1, 0.15) is 0 Å². The van der Waals surface area contributed by atoms with E-state index < -0.39 is 0 Å². The predicted molar refractivity (Wildman–Crippen MR) is 77.3 cm³/mol. The van der Waals surface area contributed by atoms with Crippen LogP contribution in [-0.4, -0.2) is 12.0 Å². The van der Waals surface area contributed by atoms with Crippen molar-refractivity contribution < 1.29 is 0 Å². The van der Waals surface area contributed by atoms with Gasteiger partial charge in [0.2, 0.25) is 0 Å². The summed E-state index contributed by atoms with van der Waals surface area (Å²) in [7, 11) is 1.93. The van der Waals surface area contributed by atoms with Crippen LogP contribution in [0.2, 0.25) is 5.02 Å². The van der Waals surface area contributed by atoms with Gasteiger partial charge in [-0.25, -0.2) is 0 Å². The molecule has 0 amide bonds. The summed E-state index contributed by atoms with van der Waals surface area (Å²) in [5.74, 6) is 0. The Morgan fingerprint density at radius 3 is 2.50 bits per heavy atom. The number of aromatic nitrogens is 1. The minimum Gasteiger partial charge on any atom is -0.313 e. The van der Waals surface area contributed by atoms with Crippen LogP contribution in [0.25, 0.3) is 0 Å². The average Bonchev–Trinajstić information content (AvgIpc) is 2.39. The first-order valence-electron chi connectivity index (χ1n) is 5.75. The Balaban J connectivity index is 2.19. The van der Waals surface area contributed by atoms with E-state index in [0.29, 0.717) is 0 Å².